The van der Waals surface area contributed by atoms with E-state index in [4.69, 9.17) is 10.5 Å². The minimum atomic E-state index is -0.387. The van der Waals surface area contributed by atoms with E-state index in [1.54, 1.807) is 25.4 Å². The van der Waals surface area contributed by atoms with Gasteiger partial charge in [0, 0.05) is 18.2 Å². The van der Waals surface area contributed by atoms with Crippen molar-refractivity contribution in [3.63, 3.8) is 0 Å². The topological polar surface area (TPSA) is 65.2 Å². The van der Waals surface area contributed by atoms with Crippen LogP contribution < -0.4 is 10.5 Å². The molecule has 4 heteroatoms. The minimum absolute atomic E-state index is 0.0266. The zero-order chi connectivity index (χ0) is 11.6. The van der Waals surface area contributed by atoms with Gasteiger partial charge >= 0.3 is 0 Å². The number of pyridine rings is 1. The molecule has 0 amide bonds. The number of hydrogen-bond donors (Lipinski definition) is 1. The normalized spacial score (nSPS) is 17.6. The molecule has 16 heavy (non-hydrogen) atoms. The lowest BCUT2D eigenvalue weighted by atomic mass is 9.65. The molecular weight excluding hydrogens is 204 g/mol. The van der Waals surface area contributed by atoms with Crippen LogP contribution in [0.1, 0.15) is 29.8 Å². The SMILES string of the molecule is COc1cccnc1C(=O)C1(CN)CCC1. The van der Waals surface area contributed by atoms with Crippen molar-refractivity contribution in [1.29, 1.82) is 0 Å². The fraction of sp³-hybridized carbons (Fsp3) is 0.500. The molecule has 1 heterocycles. The van der Waals surface area contributed by atoms with Crippen molar-refractivity contribution < 1.29 is 9.53 Å². The Morgan fingerprint density at radius 3 is 2.88 bits per heavy atom. The van der Waals surface area contributed by atoms with Gasteiger partial charge in [-0.25, -0.2) is 4.98 Å². The molecule has 1 aromatic rings. The quantitative estimate of drug-likeness (QED) is 0.779. The summed E-state index contributed by atoms with van der Waals surface area (Å²) in [5.74, 6) is 0.561. The van der Waals surface area contributed by atoms with Gasteiger partial charge < -0.3 is 10.5 Å². The van der Waals surface area contributed by atoms with Gasteiger partial charge in [0.25, 0.3) is 0 Å². The smallest absolute Gasteiger partial charge is 0.192 e. The number of hydrogen-bond acceptors (Lipinski definition) is 4. The molecule has 1 aliphatic carbocycles. The van der Waals surface area contributed by atoms with Crippen LogP contribution in [0.25, 0.3) is 0 Å². The molecule has 0 radical (unpaired) electrons. The first-order valence-electron chi connectivity index (χ1n) is 5.47. The Balaban J connectivity index is 2.33. The Labute approximate surface area is 94.8 Å². The molecule has 0 spiro atoms. The summed E-state index contributed by atoms with van der Waals surface area (Å²) >= 11 is 0. The number of rotatable bonds is 4. The van der Waals surface area contributed by atoms with Crippen LogP contribution >= 0.6 is 0 Å². The van der Waals surface area contributed by atoms with E-state index >= 15 is 0 Å². The van der Waals surface area contributed by atoms with E-state index in [2.05, 4.69) is 4.98 Å². The number of carbonyl (C=O) groups excluding carboxylic acids is 1. The number of nitrogens with two attached hydrogens (primary N) is 1. The third kappa shape index (κ3) is 1.59. The number of ketones is 1. The van der Waals surface area contributed by atoms with Crippen LogP contribution in [0.4, 0.5) is 0 Å². The summed E-state index contributed by atoms with van der Waals surface area (Å²) in [5, 5.41) is 0. The monoisotopic (exact) mass is 220 g/mol. The van der Waals surface area contributed by atoms with Gasteiger partial charge in [-0.15, -0.1) is 0 Å². The van der Waals surface area contributed by atoms with Crippen LogP contribution in [-0.4, -0.2) is 24.4 Å². The lowest BCUT2D eigenvalue weighted by molar-refractivity contribution is 0.0626. The molecule has 4 nitrogen and oxygen atoms in total. The van der Waals surface area contributed by atoms with E-state index in [9.17, 15) is 4.79 Å². The summed E-state index contributed by atoms with van der Waals surface area (Å²) < 4.78 is 5.15. The highest BCUT2D eigenvalue weighted by Gasteiger charge is 2.44. The highest BCUT2D eigenvalue weighted by atomic mass is 16.5. The van der Waals surface area contributed by atoms with Gasteiger partial charge in [0.1, 0.15) is 11.4 Å². The standard InChI is InChI=1S/C12H16N2O2/c1-16-9-4-2-7-14-10(9)11(15)12(8-13)5-3-6-12/h2,4,7H,3,5-6,8,13H2,1H3. The third-order valence-corrected chi connectivity index (χ3v) is 3.39. The molecule has 0 saturated heterocycles. The molecule has 0 aliphatic heterocycles. The van der Waals surface area contributed by atoms with Crippen LogP contribution in [0.3, 0.4) is 0 Å². The Hall–Kier alpha value is -1.42. The largest absolute Gasteiger partial charge is 0.494 e. The fourth-order valence-electron chi connectivity index (χ4n) is 2.10. The molecule has 86 valence electrons. The molecule has 1 aromatic heterocycles. The Kier molecular flexibility index (Phi) is 2.92. The van der Waals surface area contributed by atoms with Crippen molar-refractivity contribution in [3.05, 3.63) is 24.0 Å². The van der Waals surface area contributed by atoms with E-state index in [0.29, 0.717) is 18.0 Å². The van der Waals surface area contributed by atoms with E-state index in [1.807, 2.05) is 0 Å². The Bertz CT molecular complexity index is 394. The van der Waals surface area contributed by atoms with Gasteiger partial charge in [0.05, 0.1) is 7.11 Å². The molecule has 0 atom stereocenters. The van der Waals surface area contributed by atoms with Crippen molar-refractivity contribution >= 4 is 5.78 Å². The summed E-state index contributed by atoms with van der Waals surface area (Å²) in [6.45, 7) is 0.394. The Morgan fingerprint density at radius 1 is 1.62 bits per heavy atom. The predicted molar refractivity (Wildman–Crippen MR) is 60.5 cm³/mol. The van der Waals surface area contributed by atoms with Gasteiger partial charge in [-0.1, -0.05) is 6.42 Å². The molecule has 2 N–H and O–H groups in total. The molecule has 0 unspecified atom stereocenters. The van der Waals surface area contributed by atoms with Crippen LogP contribution in [0.2, 0.25) is 0 Å². The first-order chi connectivity index (χ1) is 7.73. The number of aromatic nitrogens is 1. The second-order valence-electron chi connectivity index (χ2n) is 4.22. The fourth-order valence-corrected chi connectivity index (χ4v) is 2.10. The summed E-state index contributed by atoms with van der Waals surface area (Å²) in [5.41, 5.74) is 5.73. The second kappa shape index (κ2) is 4.22. The average Bonchev–Trinajstić information content (AvgIpc) is 2.28. The van der Waals surface area contributed by atoms with Crippen molar-refractivity contribution in [2.45, 2.75) is 19.3 Å². The molecule has 1 aliphatic rings. The van der Waals surface area contributed by atoms with Gasteiger partial charge in [-0.3, -0.25) is 4.79 Å². The van der Waals surface area contributed by atoms with Crippen molar-refractivity contribution in [3.8, 4) is 5.75 Å². The van der Waals surface area contributed by atoms with Crippen molar-refractivity contribution in [1.82, 2.24) is 4.98 Å². The number of nitrogens with zero attached hydrogens (tertiary/aromatic N) is 1. The van der Waals surface area contributed by atoms with Crippen LogP contribution in [0.5, 0.6) is 5.75 Å². The van der Waals surface area contributed by atoms with Crippen LogP contribution in [-0.2, 0) is 0 Å². The molecule has 0 aromatic carbocycles. The lowest BCUT2D eigenvalue weighted by Gasteiger charge is -2.39. The van der Waals surface area contributed by atoms with Crippen molar-refractivity contribution in [2.75, 3.05) is 13.7 Å². The van der Waals surface area contributed by atoms with Gasteiger partial charge in [0.2, 0.25) is 0 Å². The summed E-state index contributed by atoms with van der Waals surface area (Å²) in [4.78, 5) is 16.5. The molecular formula is C12H16N2O2. The summed E-state index contributed by atoms with van der Waals surface area (Å²) in [7, 11) is 1.55. The minimum Gasteiger partial charge on any atom is -0.494 e. The average molecular weight is 220 g/mol. The maximum Gasteiger partial charge on any atom is 0.192 e. The first-order valence-corrected chi connectivity index (χ1v) is 5.47. The molecule has 1 fully saturated rings. The maximum absolute atomic E-state index is 12.3. The molecule has 2 rings (SSSR count). The highest BCUT2D eigenvalue weighted by molar-refractivity contribution is 6.01. The van der Waals surface area contributed by atoms with E-state index in [-0.39, 0.29) is 11.2 Å². The van der Waals surface area contributed by atoms with Crippen molar-refractivity contribution in [2.24, 2.45) is 11.1 Å². The van der Waals surface area contributed by atoms with Gasteiger partial charge in [-0.2, -0.15) is 0 Å². The van der Waals surface area contributed by atoms with E-state index < -0.39 is 0 Å². The van der Waals surface area contributed by atoms with Crippen LogP contribution in [0, 0.1) is 5.41 Å². The third-order valence-electron chi connectivity index (χ3n) is 3.39. The first kappa shape index (κ1) is 11.1. The van der Waals surface area contributed by atoms with E-state index in [0.717, 1.165) is 19.3 Å². The second-order valence-corrected chi connectivity index (χ2v) is 4.22. The zero-order valence-corrected chi connectivity index (χ0v) is 9.40. The Morgan fingerprint density at radius 2 is 2.38 bits per heavy atom. The predicted octanol–water partition coefficient (Wildman–Crippen LogP) is 1.40. The number of ether oxygens (including phenoxy) is 1. The van der Waals surface area contributed by atoms with Gasteiger partial charge in [0.15, 0.2) is 5.78 Å². The summed E-state index contributed by atoms with van der Waals surface area (Å²) in [6.07, 6.45) is 4.40. The van der Waals surface area contributed by atoms with E-state index in [1.165, 1.54) is 0 Å². The lowest BCUT2D eigenvalue weighted by Crippen LogP contribution is -2.44. The summed E-state index contributed by atoms with van der Waals surface area (Å²) in [6, 6.07) is 3.51. The maximum atomic E-state index is 12.3. The number of methoxy groups -OCH3 is 1. The highest BCUT2D eigenvalue weighted by Crippen LogP contribution is 2.43. The number of carbonyl (C=O) groups is 1. The van der Waals surface area contributed by atoms with Gasteiger partial charge in [-0.05, 0) is 25.0 Å². The number of Topliss-reactive ketones (excluding diaryl/α,β-unsaturated/α-hetero) is 1. The zero-order valence-electron chi connectivity index (χ0n) is 9.40. The molecule has 0 bridgehead atoms. The molecule has 1 saturated carbocycles. The van der Waals surface area contributed by atoms with Crippen LogP contribution in [0.15, 0.2) is 18.3 Å².